The minimum Gasteiger partial charge on any atom is -0.288 e. The largest absolute Gasteiger partial charge is 0.288 e. The summed E-state index contributed by atoms with van der Waals surface area (Å²) in [6.45, 7) is 16.0. The van der Waals surface area contributed by atoms with E-state index in [4.69, 9.17) is 0 Å². The SMILES string of the molecule is CC(=O)N/N=C1\C(=O)C=C2C(=CC=C3C2(C)CC[C@@]2(C)C4CC(C)CCC4(C)CCC32C)C1C. The molecule has 1 amide bonds. The number of hydrogen-bond acceptors (Lipinski definition) is 3. The highest BCUT2D eigenvalue weighted by Gasteiger charge is 2.65. The molecule has 6 unspecified atom stereocenters. The van der Waals surface area contributed by atoms with Gasteiger partial charge in [-0.2, -0.15) is 5.10 Å². The molecular formula is C30H42N2O2. The van der Waals surface area contributed by atoms with Gasteiger partial charge in [-0.25, -0.2) is 5.43 Å². The van der Waals surface area contributed by atoms with Gasteiger partial charge in [0.05, 0.1) is 0 Å². The van der Waals surface area contributed by atoms with Gasteiger partial charge in [0.15, 0.2) is 0 Å². The first-order chi connectivity index (χ1) is 15.9. The van der Waals surface area contributed by atoms with E-state index in [9.17, 15) is 9.59 Å². The molecule has 0 aromatic rings. The van der Waals surface area contributed by atoms with Crippen molar-refractivity contribution in [3.8, 4) is 0 Å². The summed E-state index contributed by atoms with van der Waals surface area (Å²) in [5.41, 5.74) is 7.61. The Hall–Kier alpha value is -1.97. The van der Waals surface area contributed by atoms with Crippen molar-refractivity contribution in [3.63, 3.8) is 0 Å². The van der Waals surface area contributed by atoms with Crippen molar-refractivity contribution in [1.82, 2.24) is 5.43 Å². The van der Waals surface area contributed by atoms with E-state index in [1.54, 1.807) is 5.57 Å². The second-order valence-corrected chi connectivity index (χ2v) is 13.2. The van der Waals surface area contributed by atoms with E-state index in [0.29, 0.717) is 11.1 Å². The second kappa shape index (κ2) is 7.51. The van der Waals surface area contributed by atoms with Gasteiger partial charge in [-0.3, -0.25) is 9.59 Å². The monoisotopic (exact) mass is 462 g/mol. The molecule has 7 atom stereocenters. The van der Waals surface area contributed by atoms with Crippen LogP contribution in [0.3, 0.4) is 0 Å². The number of fused-ring (bicyclic) bond motifs is 7. The number of hydrogen-bond donors (Lipinski definition) is 1. The van der Waals surface area contributed by atoms with E-state index in [2.05, 4.69) is 57.3 Å². The molecule has 0 aliphatic heterocycles. The first-order valence-electron chi connectivity index (χ1n) is 13.4. The molecule has 5 aliphatic rings. The zero-order chi connectivity index (χ0) is 24.7. The van der Waals surface area contributed by atoms with Gasteiger partial charge < -0.3 is 0 Å². The van der Waals surface area contributed by atoms with Crippen LogP contribution in [0.2, 0.25) is 0 Å². The summed E-state index contributed by atoms with van der Waals surface area (Å²) in [5.74, 6) is 1.14. The predicted molar refractivity (Wildman–Crippen MR) is 137 cm³/mol. The van der Waals surface area contributed by atoms with Crippen molar-refractivity contribution in [3.05, 3.63) is 34.9 Å². The summed E-state index contributed by atoms with van der Waals surface area (Å²) in [4.78, 5) is 24.6. The summed E-state index contributed by atoms with van der Waals surface area (Å²) >= 11 is 0. The van der Waals surface area contributed by atoms with Gasteiger partial charge in [-0.1, -0.05) is 65.7 Å². The smallest absolute Gasteiger partial charge is 0.236 e. The topological polar surface area (TPSA) is 58.5 Å². The summed E-state index contributed by atoms with van der Waals surface area (Å²) in [7, 11) is 0. The maximum absolute atomic E-state index is 13.2. The van der Waals surface area contributed by atoms with Crippen molar-refractivity contribution in [2.45, 2.75) is 93.4 Å². The molecule has 0 bridgehead atoms. The predicted octanol–water partition coefficient (Wildman–Crippen LogP) is 6.54. The van der Waals surface area contributed by atoms with Gasteiger partial charge in [-0.15, -0.1) is 0 Å². The fourth-order valence-electron chi connectivity index (χ4n) is 8.94. The van der Waals surface area contributed by atoms with Gasteiger partial charge in [0.25, 0.3) is 0 Å². The molecule has 0 aromatic heterocycles. The van der Waals surface area contributed by atoms with Crippen LogP contribution < -0.4 is 5.43 Å². The van der Waals surface area contributed by atoms with Crippen LogP contribution >= 0.6 is 0 Å². The molecule has 0 aromatic carbocycles. The first kappa shape index (κ1) is 23.8. The molecular weight excluding hydrogens is 420 g/mol. The van der Waals surface area contributed by atoms with Crippen LogP contribution in [0.25, 0.3) is 0 Å². The number of amides is 1. The van der Waals surface area contributed by atoms with Gasteiger partial charge in [0, 0.05) is 18.3 Å². The molecule has 4 heteroatoms. The molecule has 5 rings (SSSR count). The molecule has 184 valence electrons. The molecule has 3 saturated carbocycles. The Kier molecular flexibility index (Phi) is 5.25. The van der Waals surface area contributed by atoms with E-state index >= 15 is 0 Å². The van der Waals surface area contributed by atoms with Crippen LogP contribution in [0.4, 0.5) is 0 Å². The van der Waals surface area contributed by atoms with Crippen LogP contribution in [0.1, 0.15) is 93.4 Å². The number of carbonyl (C=O) groups is 2. The molecule has 0 radical (unpaired) electrons. The highest BCUT2D eigenvalue weighted by atomic mass is 16.2. The molecule has 4 nitrogen and oxygen atoms in total. The quantitative estimate of drug-likeness (QED) is 0.450. The Labute approximate surface area is 205 Å². The molecule has 34 heavy (non-hydrogen) atoms. The Morgan fingerprint density at radius 1 is 1.03 bits per heavy atom. The van der Waals surface area contributed by atoms with Crippen molar-refractivity contribution in [2.24, 2.45) is 44.5 Å². The van der Waals surface area contributed by atoms with Crippen LogP contribution in [0, 0.1) is 39.4 Å². The molecule has 0 saturated heterocycles. The molecule has 5 aliphatic carbocycles. The lowest BCUT2D eigenvalue weighted by Crippen LogP contribution is -2.61. The Bertz CT molecular complexity index is 1080. The summed E-state index contributed by atoms with van der Waals surface area (Å²) in [6.07, 6.45) is 15.5. The maximum atomic E-state index is 13.2. The lowest BCUT2D eigenvalue weighted by Gasteiger charge is -2.69. The fraction of sp³-hybridized carbons (Fsp3) is 0.700. The molecule has 0 spiro atoms. The number of nitrogens with one attached hydrogen (secondary N) is 1. The van der Waals surface area contributed by atoms with Crippen molar-refractivity contribution in [1.29, 1.82) is 0 Å². The summed E-state index contributed by atoms with van der Waals surface area (Å²) < 4.78 is 0. The second-order valence-electron chi connectivity index (χ2n) is 13.2. The average molecular weight is 463 g/mol. The average Bonchev–Trinajstić information content (AvgIpc) is 2.77. The van der Waals surface area contributed by atoms with E-state index in [-0.39, 0.29) is 33.9 Å². The number of carbonyl (C=O) groups excluding carboxylic acids is 2. The summed E-state index contributed by atoms with van der Waals surface area (Å²) in [6, 6.07) is 0. The van der Waals surface area contributed by atoms with E-state index in [1.807, 2.05) is 13.0 Å². The van der Waals surface area contributed by atoms with Crippen molar-refractivity contribution < 1.29 is 9.59 Å². The fourth-order valence-corrected chi connectivity index (χ4v) is 8.94. The molecule has 0 heterocycles. The van der Waals surface area contributed by atoms with Crippen LogP contribution in [-0.2, 0) is 9.59 Å². The zero-order valence-electron chi connectivity index (χ0n) is 22.2. The lowest BCUT2D eigenvalue weighted by atomic mass is 9.35. The van der Waals surface area contributed by atoms with Gasteiger partial charge in [0.2, 0.25) is 11.7 Å². The Morgan fingerprint density at radius 2 is 1.76 bits per heavy atom. The van der Waals surface area contributed by atoms with Gasteiger partial charge in [0.1, 0.15) is 5.71 Å². The van der Waals surface area contributed by atoms with Crippen LogP contribution in [-0.4, -0.2) is 17.4 Å². The normalized spacial score (nSPS) is 46.8. The summed E-state index contributed by atoms with van der Waals surface area (Å²) in [5, 5.41) is 4.17. The van der Waals surface area contributed by atoms with E-state index in [1.165, 1.54) is 56.6 Å². The third kappa shape index (κ3) is 3.05. The van der Waals surface area contributed by atoms with E-state index in [0.717, 1.165) is 18.3 Å². The molecule has 1 N–H and O–H groups in total. The first-order valence-corrected chi connectivity index (χ1v) is 13.4. The standard InChI is InChI=1S/C30H42N2O2/c1-18-10-11-27(4)12-14-29(6)24-9-8-21-19(2)26(32-31-20(3)33)23(34)17-22(21)28(24,5)13-15-30(29,7)25(27)16-18/h8-9,17-19,25H,10-16H2,1-7H3,(H,31,33)/b32-26-/t18?,19?,25?,27?,28?,29?,30-/m0/s1. The maximum Gasteiger partial charge on any atom is 0.236 e. The van der Waals surface area contributed by atoms with E-state index < -0.39 is 0 Å². The van der Waals surface area contributed by atoms with Gasteiger partial charge >= 0.3 is 0 Å². The molecule has 3 fully saturated rings. The lowest BCUT2D eigenvalue weighted by molar-refractivity contribution is -0.148. The third-order valence-electron chi connectivity index (χ3n) is 11.3. The highest BCUT2D eigenvalue weighted by molar-refractivity contribution is 6.46. The Balaban J connectivity index is 1.59. The number of allylic oxidation sites excluding steroid dienone is 6. The minimum atomic E-state index is -0.255. The number of rotatable bonds is 1. The van der Waals surface area contributed by atoms with Crippen LogP contribution in [0.15, 0.2) is 40.0 Å². The Morgan fingerprint density at radius 3 is 2.47 bits per heavy atom. The third-order valence-corrected chi connectivity index (χ3v) is 11.3. The minimum absolute atomic E-state index is 0.0633. The highest BCUT2D eigenvalue weighted by Crippen LogP contribution is 2.74. The zero-order valence-corrected chi connectivity index (χ0v) is 22.2. The number of hydrazone groups is 1. The van der Waals surface area contributed by atoms with Crippen molar-refractivity contribution in [2.75, 3.05) is 0 Å². The van der Waals surface area contributed by atoms with Crippen molar-refractivity contribution >= 4 is 17.4 Å². The number of nitrogens with zero attached hydrogens (tertiary/aromatic N) is 1. The number of ketones is 1. The van der Waals surface area contributed by atoms with Gasteiger partial charge in [-0.05, 0) is 83.8 Å². The van der Waals surface area contributed by atoms with Crippen LogP contribution in [0.5, 0.6) is 0 Å².